The van der Waals surface area contributed by atoms with Gasteiger partial charge >= 0.3 is 0 Å². The SMILES string of the molecule is Oc1ccc(C2CCc3ccc(O)cc3O2)c(O)c1. The van der Waals surface area contributed by atoms with Crippen LogP contribution < -0.4 is 4.74 Å². The number of rotatable bonds is 1. The van der Waals surface area contributed by atoms with Gasteiger partial charge in [0.15, 0.2) is 0 Å². The van der Waals surface area contributed by atoms with E-state index in [2.05, 4.69) is 0 Å². The Morgan fingerprint density at radius 2 is 1.68 bits per heavy atom. The minimum atomic E-state index is -0.269. The van der Waals surface area contributed by atoms with Crippen molar-refractivity contribution in [3.8, 4) is 23.0 Å². The summed E-state index contributed by atoms with van der Waals surface area (Å²) in [5.41, 5.74) is 1.69. The standard InChI is InChI=1S/C15H14O4/c16-10-4-5-12(13(18)7-10)14-6-2-9-1-3-11(17)8-15(9)19-14/h1,3-5,7-8,14,16-18H,2,6H2. The van der Waals surface area contributed by atoms with Gasteiger partial charge in [-0.15, -0.1) is 0 Å². The lowest BCUT2D eigenvalue weighted by Gasteiger charge is -2.27. The monoisotopic (exact) mass is 258 g/mol. The highest BCUT2D eigenvalue weighted by Gasteiger charge is 2.24. The van der Waals surface area contributed by atoms with Crippen LogP contribution in [0.2, 0.25) is 0 Å². The molecule has 0 saturated heterocycles. The summed E-state index contributed by atoms with van der Waals surface area (Å²) in [7, 11) is 0. The fourth-order valence-electron chi connectivity index (χ4n) is 2.38. The van der Waals surface area contributed by atoms with Crippen molar-refractivity contribution in [2.75, 3.05) is 0 Å². The van der Waals surface area contributed by atoms with Crippen LogP contribution in [-0.4, -0.2) is 15.3 Å². The predicted molar refractivity (Wildman–Crippen MR) is 69.6 cm³/mol. The van der Waals surface area contributed by atoms with E-state index in [0.717, 1.165) is 18.4 Å². The fourth-order valence-corrected chi connectivity index (χ4v) is 2.38. The zero-order chi connectivity index (χ0) is 13.4. The molecule has 0 aromatic heterocycles. The second kappa shape index (κ2) is 4.39. The number of aryl methyl sites for hydroxylation is 1. The molecule has 0 saturated carbocycles. The van der Waals surface area contributed by atoms with E-state index in [1.807, 2.05) is 6.07 Å². The van der Waals surface area contributed by atoms with Gasteiger partial charge in [0.25, 0.3) is 0 Å². The second-order valence-electron chi connectivity index (χ2n) is 4.68. The number of ether oxygens (including phenoxy) is 1. The molecular formula is C15H14O4. The van der Waals surface area contributed by atoms with Crippen LogP contribution in [0.15, 0.2) is 36.4 Å². The molecule has 0 radical (unpaired) electrons. The first kappa shape index (κ1) is 11.7. The Morgan fingerprint density at radius 1 is 0.947 bits per heavy atom. The van der Waals surface area contributed by atoms with Gasteiger partial charge in [0.2, 0.25) is 0 Å². The first-order valence-electron chi connectivity index (χ1n) is 6.14. The maximum Gasteiger partial charge on any atom is 0.128 e. The number of hydrogen-bond donors (Lipinski definition) is 3. The average molecular weight is 258 g/mol. The number of hydrogen-bond acceptors (Lipinski definition) is 4. The Bertz CT molecular complexity index is 622. The third-order valence-corrected chi connectivity index (χ3v) is 3.36. The van der Waals surface area contributed by atoms with Gasteiger partial charge in [0, 0.05) is 17.7 Å². The predicted octanol–water partition coefficient (Wildman–Crippen LogP) is 2.87. The largest absolute Gasteiger partial charge is 0.508 e. The van der Waals surface area contributed by atoms with Crippen molar-refractivity contribution in [2.24, 2.45) is 0 Å². The Balaban J connectivity index is 1.93. The first-order chi connectivity index (χ1) is 9.13. The van der Waals surface area contributed by atoms with Crippen molar-refractivity contribution in [2.45, 2.75) is 18.9 Å². The van der Waals surface area contributed by atoms with E-state index in [9.17, 15) is 15.3 Å². The van der Waals surface area contributed by atoms with Gasteiger partial charge in [0.1, 0.15) is 29.1 Å². The van der Waals surface area contributed by atoms with Crippen LogP contribution in [0.1, 0.15) is 23.7 Å². The third kappa shape index (κ3) is 2.17. The normalized spacial score (nSPS) is 17.6. The van der Waals surface area contributed by atoms with Crippen molar-refractivity contribution in [1.82, 2.24) is 0 Å². The highest BCUT2D eigenvalue weighted by Crippen LogP contribution is 2.39. The molecule has 0 amide bonds. The summed E-state index contributed by atoms with van der Waals surface area (Å²) in [5.74, 6) is 0.849. The molecule has 2 aromatic rings. The highest BCUT2D eigenvalue weighted by molar-refractivity contribution is 5.45. The molecule has 1 heterocycles. The van der Waals surface area contributed by atoms with Gasteiger partial charge in [-0.1, -0.05) is 6.07 Å². The van der Waals surface area contributed by atoms with Gasteiger partial charge in [-0.3, -0.25) is 0 Å². The van der Waals surface area contributed by atoms with Crippen LogP contribution in [-0.2, 0) is 6.42 Å². The van der Waals surface area contributed by atoms with E-state index >= 15 is 0 Å². The molecule has 4 heteroatoms. The Kier molecular flexibility index (Phi) is 2.71. The van der Waals surface area contributed by atoms with Crippen LogP contribution in [0.5, 0.6) is 23.0 Å². The molecule has 19 heavy (non-hydrogen) atoms. The number of fused-ring (bicyclic) bond motifs is 1. The molecule has 0 fully saturated rings. The number of aromatic hydroxyl groups is 3. The zero-order valence-electron chi connectivity index (χ0n) is 10.2. The van der Waals surface area contributed by atoms with E-state index in [1.54, 1.807) is 18.2 Å². The van der Waals surface area contributed by atoms with Crippen LogP contribution >= 0.6 is 0 Å². The van der Waals surface area contributed by atoms with Gasteiger partial charge in [0.05, 0.1) is 0 Å². The molecule has 1 unspecified atom stereocenters. The molecule has 4 nitrogen and oxygen atoms in total. The molecule has 0 aliphatic carbocycles. The smallest absolute Gasteiger partial charge is 0.128 e. The molecule has 0 spiro atoms. The summed E-state index contributed by atoms with van der Waals surface area (Å²) in [6.07, 6.45) is 1.30. The van der Waals surface area contributed by atoms with Gasteiger partial charge in [-0.2, -0.15) is 0 Å². The number of phenols is 3. The van der Waals surface area contributed by atoms with Crippen molar-refractivity contribution in [3.63, 3.8) is 0 Å². The van der Waals surface area contributed by atoms with E-state index in [-0.39, 0.29) is 23.4 Å². The Morgan fingerprint density at radius 3 is 2.47 bits per heavy atom. The topological polar surface area (TPSA) is 69.9 Å². The summed E-state index contributed by atoms with van der Waals surface area (Å²) in [4.78, 5) is 0. The minimum Gasteiger partial charge on any atom is -0.508 e. The van der Waals surface area contributed by atoms with Crippen LogP contribution in [0.4, 0.5) is 0 Å². The lowest BCUT2D eigenvalue weighted by Crippen LogP contribution is -2.15. The van der Waals surface area contributed by atoms with Gasteiger partial charge < -0.3 is 20.1 Å². The maximum atomic E-state index is 9.86. The van der Waals surface area contributed by atoms with Gasteiger partial charge in [-0.05, 0) is 36.6 Å². The highest BCUT2D eigenvalue weighted by atomic mass is 16.5. The third-order valence-electron chi connectivity index (χ3n) is 3.36. The van der Waals surface area contributed by atoms with E-state index in [1.165, 1.54) is 12.1 Å². The molecule has 1 aliphatic rings. The summed E-state index contributed by atoms with van der Waals surface area (Å²) in [6.45, 7) is 0. The Labute approximate surface area is 110 Å². The quantitative estimate of drug-likeness (QED) is 0.735. The van der Waals surface area contributed by atoms with E-state index < -0.39 is 0 Å². The summed E-state index contributed by atoms with van der Waals surface area (Å²) in [6, 6.07) is 9.55. The second-order valence-corrected chi connectivity index (χ2v) is 4.68. The van der Waals surface area contributed by atoms with Crippen LogP contribution in [0.3, 0.4) is 0 Å². The van der Waals surface area contributed by atoms with Crippen molar-refractivity contribution in [3.05, 3.63) is 47.5 Å². The minimum absolute atomic E-state index is 0.0219. The van der Waals surface area contributed by atoms with Crippen LogP contribution in [0.25, 0.3) is 0 Å². The van der Waals surface area contributed by atoms with Gasteiger partial charge in [-0.25, -0.2) is 0 Å². The zero-order valence-corrected chi connectivity index (χ0v) is 10.2. The molecule has 98 valence electrons. The average Bonchev–Trinajstić information content (AvgIpc) is 2.38. The maximum absolute atomic E-state index is 9.86. The molecule has 3 N–H and O–H groups in total. The molecule has 1 aliphatic heterocycles. The number of benzene rings is 2. The fraction of sp³-hybridized carbons (Fsp3) is 0.200. The summed E-state index contributed by atoms with van der Waals surface area (Å²) in [5, 5.41) is 28.6. The van der Waals surface area contributed by atoms with E-state index in [0.29, 0.717) is 11.3 Å². The number of phenolic OH excluding ortho intramolecular Hbond substituents is 3. The first-order valence-corrected chi connectivity index (χ1v) is 6.14. The summed E-state index contributed by atoms with van der Waals surface area (Å²) >= 11 is 0. The molecular weight excluding hydrogens is 244 g/mol. The molecule has 1 atom stereocenters. The lowest BCUT2D eigenvalue weighted by atomic mass is 9.96. The summed E-state index contributed by atoms with van der Waals surface area (Å²) < 4.78 is 5.82. The van der Waals surface area contributed by atoms with Crippen molar-refractivity contribution in [1.29, 1.82) is 0 Å². The van der Waals surface area contributed by atoms with Crippen molar-refractivity contribution >= 4 is 0 Å². The van der Waals surface area contributed by atoms with Crippen molar-refractivity contribution < 1.29 is 20.1 Å². The molecule has 3 rings (SSSR count). The Hall–Kier alpha value is -2.36. The molecule has 2 aromatic carbocycles. The van der Waals surface area contributed by atoms with E-state index in [4.69, 9.17) is 4.74 Å². The lowest BCUT2D eigenvalue weighted by molar-refractivity contribution is 0.172. The van der Waals surface area contributed by atoms with Crippen LogP contribution in [0, 0.1) is 0 Å². The molecule has 0 bridgehead atoms.